The zero-order valence-corrected chi connectivity index (χ0v) is 7.16. The van der Waals surface area contributed by atoms with Crippen molar-refractivity contribution < 1.29 is 0 Å². The molecule has 1 heterocycles. The summed E-state index contributed by atoms with van der Waals surface area (Å²) in [6, 6.07) is 3.45. The first-order valence-electron chi connectivity index (χ1n) is 3.92. The number of nitrogens with two attached hydrogens (primary N) is 1. The third-order valence-electron chi connectivity index (χ3n) is 2.03. The molecular weight excluding hydrogens is 166 g/mol. The molecule has 3 N–H and O–H groups in total. The summed E-state index contributed by atoms with van der Waals surface area (Å²) in [4.78, 5) is 17.8. The number of nitrogen functional groups attached to an aromatic ring is 1. The van der Waals surface area contributed by atoms with E-state index in [4.69, 9.17) is 5.73 Å². The number of nitrogens with one attached hydrogen (secondary N) is 1. The summed E-state index contributed by atoms with van der Waals surface area (Å²) in [5.41, 5.74) is 7.74. The van der Waals surface area contributed by atoms with E-state index >= 15 is 0 Å². The van der Waals surface area contributed by atoms with Gasteiger partial charge in [0.25, 0.3) is 5.56 Å². The van der Waals surface area contributed by atoms with Gasteiger partial charge in [-0.3, -0.25) is 4.79 Å². The molecule has 0 fully saturated rings. The van der Waals surface area contributed by atoms with Crippen molar-refractivity contribution in [2.24, 2.45) is 0 Å². The Hall–Kier alpha value is -1.84. The maximum atomic E-state index is 11.3. The molecule has 4 nitrogen and oxygen atoms in total. The highest BCUT2D eigenvalue weighted by Gasteiger charge is 2.01. The molecule has 0 saturated heterocycles. The number of aromatic amines is 1. The van der Waals surface area contributed by atoms with Crippen molar-refractivity contribution in [1.82, 2.24) is 9.97 Å². The highest BCUT2D eigenvalue weighted by Crippen LogP contribution is 2.15. The monoisotopic (exact) mass is 175 g/mol. The van der Waals surface area contributed by atoms with E-state index in [0.29, 0.717) is 16.6 Å². The van der Waals surface area contributed by atoms with Gasteiger partial charge >= 0.3 is 0 Å². The van der Waals surface area contributed by atoms with Gasteiger partial charge in [0.05, 0.1) is 17.2 Å². The number of benzene rings is 1. The predicted molar refractivity (Wildman–Crippen MR) is 51.5 cm³/mol. The average Bonchev–Trinajstić information content (AvgIpc) is 2.09. The van der Waals surface area contributed by atoms with Crippen molar-refractivity contribution in [1.29, 1.82) is 0 Å². The molecule has 2 aromatic rings. The van der Waals surface area contributed by atoms with Gasteiger partial charge in [0.1, 0.15) is 0 Å². The Morgan fingerprint density at radius 1 is 1.46 bits per heavy atom. The molecule has 13 heavy (non-hydrogen) atoms. The van der Waals surface area contributed by atoms with Crippen LogP contribution in [0, 0.1) is 6.92 Å². The summed E-state index contributed by atoms with van der Waals surface area (Å²) in [5, 5.41) is 0.578. The van der Waals surface area contributed by atoms with Gasteiger partial charge < -0.3 is 10.7 Å². The molecule has 2 rings (SSSR count). The van der Waals surface area contributed by atoms with Crippen molar-refractivity contribution in [3.8, 4) is 0 Å². The van der Waals surface area contributed by atoms with Crippen LogP contribution in [-0.2, 0) is 0 Å². The Bertz CT molecular complexity index is 516. The summed E-state index contributed by atoms with van der Waals surface area (Å²) in [5.74, 6) is 0. The topological polar surface area (TPSA) is 71.8 Å². The molecule has 0 saturated carbocycles. The van der Waals surface area contributed by atoms with E-state index in [-0.39, 0.29) is 5.56 Å². The first kappa shape index (κ1) is 7.79. The molecule has 66 valence electrons. The number of aryl methyl sites for hydroxylation is 1. The summed E-state index contributed by atoms with van der Waals surface area (Å²) in [6.45, 7) is 1.86. The lowest BCUT2D eigenvalue weighted by Gasteiger charge is -2.00. The Morgan fingerprint density at radius 3 is 3.00 bits per heavy atom. The molecule has 0 radical (unpaired) electrons. The summed E-state index contributed by atoms with van der Waals surface area (Å²) in [7, 11) is 0. The number of anilines is 1. The van der Waals surface area contributed by atoms with Gasteiger partial charge in [-0.05, 0) is 24.6 Å². The van der Waals surface area contributed by atoms with Crippen molar-refractivity contribution in [3.05, 3.63) is 34.4 Å². The molecule has 4 heteroatoms. The van der Waals surface area contributed by atoms with Gasteiger partial charge in [0.2, 0.25) is 0 Å². The van der Waals surface area contributed by atoms with E-state index in [1.807, 2.05) is 6.92 Å². The maximum absolute atomic E-state index is 11.3. The molecule has 0 amide bonds. The minimum atomic E-state index is -0.131. The quantitative estimate of drug-likeness (QED) is 0.582. The van der Waals surface area contributed by atoms with E-state index in [2.05, 4.69) is 9.97 Å². The van der Waals surface area contributed by atoms with E-state index in [0.717, 1.165) is 5.56 Å². The fourth-order valence-electron chi connectivity index (χ4n) is 1.24. The first-order chi connectivity index (χ1) is 6.18. The van der Waals surface area contributed by atoms with Crippen molar-refractivity contribution in [2.75, 3.05) is 5.73 Å². The van der Waals surface area contributed by atoms with Crippen LogP contribution in [0.25, 0.3) is 10.9 Å². The Kier molecular flexibility index (Phi) is 1.55. The first-order valence-corrected chi connectivity index (χ1v) is 3.92. The highest BCUT2D eigenvalue weighted by atomic mass is 16.1. The zero-order valence-electron chi connectivity index (χ0n) is 7.16. The number of nitrogens with zero attached hydrogens (tertiary/aromatic N) is 1. The van der Waals surface area contributed by atoms with E-state index < -0.39 is 0 Å². The van der Waals surface area contributed by atoms with Crippen LogP contribution in [0.5, 0.6) is 0 Å². The molecule has 0 aliphatic heterocycles. The number of H-pyrrole nitrogens is 1. The molecule has 0 aliphatic rings. The highest BCUT2D eigenvalue weighted by molar-refractivity contribution is 5.82. The van der Waals surface area contributed by atoms with Gasteiger partial charge in [-0.2, -0.15) is 0 Å². The summed E-state index contributed by atoms with van der Waals surface area (Å²) >= 11 is 0. The zero-order chi connectivity index (χ0) is 9.42. The minimum Gasteiger partial charge on any atom is -0.398 e. The number of hydrogen-bond donors (Lipinski definition) is 2. The summed E-state index contributed by atoms with van der Waals surface area (Å²) < 4.78 is 0. The molecule has 0 aliphatic carbocycles. The van der Waals surface area contributed by atoms with Gasteiger partial charge in [0.15, 0.2) is 0 Å². The van der Waals surface area contributed by atoms with Crippen LogP contribution in [0.4, 0.5) is 5.69 Å². The predicted octanol–water partition coefficient (Wildman–Crippen LogP) is 0.814. The SMILES string of the molecule is Cc1cc2c(=O)[nH]cnc2cc1N. The van der Waals surface area contributed by atoms with Gasteiger partial charge in [-0.15, -0.1) is 0 Å². The Labute approximate surface area is 74.4 Å². The second-order valence-corrected chi connectivity index (χ2v) is 2.96. The van der Waals surface area contributed by atoms with Crippen molar-refractivity contribution >= 4 is 16.6 Å². The lowest BCUT2D eigenvalue weighted by molar-refractivity contribution is 1.17. The molecule has 1 aromatic carbocycles. The van der Waals surface area contributed by atoms with Crippen molar-refractivity contribution in [2.45, 2.75) is 6.92 Å². The maximum Gasteiger partial charge on any atom is 0.258 e. The third-order valence-corrected chi connectivity index (χ3v) is 2.03. The van der Waals surface area contributed by atoms with Crippen LogP contribution in [-0.4, -0.2) is 9.97 Å². The molecule has 1 aromatic heterocycles. The standard InChI is InChI=1S/C9H9N3O/c1-5-2-6-8(3-7(5)10)11-4-12-9(6)13/h2-4H,10H2,1H3,(H,11,12,13). The Balaban J connectivity index is 2.97. The van der Waals surface area contributed by atoms with Gasteiger partial charge in [-0.1, -0.05) is 0 Å². The molecule has 0 spiro atoms. The van der Waals surface area contributed by atoms with Gasteiger partial charge in [-0.25, -0.2) is 4.98 Å². The van der Waals surface area contributed by atoms with Gasteiger partial charge in [0, 0.05) is 5.69 Å². The van der Waals surface area contributed by atoms with Crippen LogP contribution >= 0.6 is 0 Å². The van der Waals surface area contributed by atoms with Crippen LogP contribution in [0.1, 0.15) is 5.56 Å². The number of fused-ring (bicyclic) bond motifs is 1. The Morgan fingerprint density at radius 2 is 2.23 bits per heavy atom. The third kappa shape index (κ3) is 1.16. The smallest absolute Gasteiger partial charge is 0.258 e. The lowest BCUT2D eigenvalue weighted by Crippen LogP contribution is -2.07. The lowest BCUT2D eigenvalue weighted by atomic mass is 10.1. The van der Waals surface area contributed by atoms with Crippen LogP contribution in [0.15, 0.2) is 23.3 Å². The fraction of sp³-hybridized carbons (Fsp3) is 0.111. The molecule has 0 unspecified atom stereocenters. The normalized spacial score (nSPS) is 10.5. The largest absolute Gasteiger partial charge is 0.398 e. The number of rotatable bonds is 0. The number of aromatic nitrogens is 2. The van der Waals surface area contributed by atoms with E-state index in [9.17, 15) is 4.79 Å². The number of hydrogen-bond acceptors (Lipinski definition) is 3. The van der Waals surface area contributed by atoms with Crippen LogP contribution in [0.3, 0.4) is 0 Å². The van der Waals surface area contributed by atoms with Crippen LogP contribution in [0.2, 0.25) is 0 Å². The van der Waals surface area contributed by atoms with Crippen LogP contribution < -0.4 is 11.3 Å². The van der Waals surface area contributed by atoms with Crippen molar-refractivity contribution in [3.63, 3.8) is 0 Å². The van der Waals surface area contributed by atoms with E-state index in [1.54, 1.807) is 12.1 Å². The average molecular weight is 175 g/mol. The van der Waals surface area contributed by atoms with E-state index in [1.165, 1.54) is 6.33 Å². The molecule has 0 bridgehead atoms. The second-order valence-electron chi connectivity index (χ2n) is 2.96. The summed E-state index contributed by atoms with van der Waals surface area (Å²) in [6.07, 6.45) is 1.37. The fourth-order valence-corrected chi connectivity index (χ4v) is 1.24. The molecule has 0 atom stereocenters. The minimum absolute atomic E-state index is 0.131. The second kappa shape index (κ2) is 2.58. The molecular formula is C9H9N3O.